The van der Waals surface area contributed by atoms with E-state index in [0.717, 1.165) is 18.8 Å². The van der Waals surface area contributed by atoms with Gasteiger partial charge in [0.05, 0.1) is 25.0 Å². The highest BCUT2D eigenvalue weighted by Gasteiger charge is 2.15. The van der Waals surface area contributed by atoms with Crippen LogP contribution < -0.4 is 5.32 Å². The summed E-state index contributed by atoms with van der Waals surface area (Å²) in [6.45, 7) is 6.31. The molecule has 1 aromatic heterocycles. The van der Waals surface area contributed by atoms with Crippen LogP contribution in [-0.2, 0) is 11.3 Å². The van der Waals surface area contributed by atoms with E-state index in [2.05, 4.69) is 10.4 Å². The molecule has 16 heavy (non-hydrogen) atoms. The summed E-state index contributed by atoms with van der Waals surface area (Å²) in [5.41, 5.74) is 0.854. The van der Waals surface area contributed by atoms with Gasteiger partial charge in [-0.1, -0.05) is 13.8 Å². The Morgan fingerprint density at radius 1 is 1.56 bits per heavy atom. The number of aliphatic hydroxyl groups is 1. The minimum Gasteiger partial charge on any atom is -0.396 e. The zero-order valence-electron chi connectivity index (χ0n) is 10.2. The first-order chi connectivity index (χ1) is 7.57. The molecule has 0 unspecified atom stereocenters. The molecule has 5 heteroatoms. The predicted octanol–water partition coefficient (Wildman–Crippen LogP) is 0.960. The molecule has 0 radical (unpaired) electrons. The molecule has 5 nitrogen and oxygen atoms in total. The zero-order chi connectivity index (χ0) is 12.0. The molecule has 0 aromatic carbocycles. The van der Waals surface area contributed by atoms with Gasteiger partial charge in [0.2, 0.25) is 0 Å². The Hall–Kier alpha value is -1.07. The van der Waals surface area contributed by atoms with Gasteiger partial charge in [-0.25, -0.2) is 0 Å². The maximum Gasteiger partial charge on any atom is 0.0726 e. The lowest BCUT2D eigenvalue weighted by Gasteiger charge is -2.21. The number of aliphatic hydroxyl groups excluding tert-OH is 1. The van der Waals surface area contributed by atoms with Crippen molar-refractivity contribution in [1.82, 2.24) is 9.78 Å². The number of rotatable bonds is 7. The topological polar surface area (TPSA) is 59.3 Å². The van der Waals surface area contributed by atoms with Crippen LogP contribution in [0.3, 0.4) is 0 Å². The molecule has 0 saturated carbocycles. The molecular formula is C11H21N3O2. The van der Waals surface area contributed by atoms with Crippen LogP contribution in [0.5, 0.6) is 0 Å². The predicted molar refractivity (Wildman–Crippen MR) is 63.5 cm³/mol. The summed E-state index contributed by atoms with van der Waals surface area (Å²) in [6.07, 6.45) is 3.72. The molecule has 0 aliphatic carbocycles. The maximum absolute atomic E-state index is 9.12. The van der Waals surface area contributed by atoms with Crippen molar-refractivity contribution in [1.29, 1.82) is 0 Å². The van der Waals surface area contributed by atoms with Crippen molar-refractivity contribution in [2.45, 2.75) is 20.4 Å². The summed E-state index contributed by atoms with van der Waals surface area (Å²) in [4.78, 5) is 0. The van der Waals surface area contributed by atoms with Gasteiger partial charge in [0.1, 0.15) is 0 Å². The normalized spacial score (nSPS) is 11.8. The fourth-order valence-corrected chi connectivity index (χ4v) is 1.16. The number of hydrogen-bond donors (Lipinski definition) is 2. The Morgan fingerprint density at radius 2 is 2.31 bits per heavy atom. The molecule has 2 N–H and O–H groups in total. The molecular weight excluding hydrogens is 206 g/mol. The van der Waals surface area contributed by atoms with Crippen LogP contribution >= 0.6 is 0 Å². The van der Waals surface area contributed by atoms with Gasteiger partial charge in [0, 0.05) is 31.9 Å². The Labute approximate surface area is 96.4 Å². The third kappa shape index (κ3) is 4.20. The minimum atomic E-state index is -0.116. The lowest BCUT2D eigenvalue weighted by atomic mass is 9.95. The number of methoxy groups -OCH3 is 1. The van der Waals surface area contributed by atoms with Crippen LogP contribution in [0, 0.1) is 5.41 Å². The van der Waals surface area contributed by atoms with E-state index in [4.69, 9.17) is 9.84 Å². The van der Waals surface area contributed by atoms with E-state index in [-0.39, 0.29) is 12.0 Å². The highest BCUT2D eigenvalue weighted by Crippen LogP contribution is 2.15. The molecule has 0 fully saturated rings. The summed E-state index contributed by atoms with van der Waals surface area (Å²) in [5, 5.41) is 16.6. The van der Waals surface area contributed by atoms with Crippen LogP contribution in [0.1, 0.15) is 13.8 Å². The lowest BCUT2D eigenvalue weighted by Crippen LogP contribution is -2.26. The molecule has 0 saturated heterocycles. The molecule has 1 heterocycles. The van der Waals surface area contributed by atoms with Crippen molar-refractivity contribution < 1.29 is 9.84 Å². The third-order valence-corrected chi connectivity index (χ3v) is 2.36. The van der Waals surface area contributed by atoms with E-state index in [0.29, 0.717) is 6.61 Å². The number of nitrogens with one attached hydrogen (secondary N) is 1. The number of aromatic nitrogens is 2. The number of ether oxygens (including phenoxy) is 1. The van der Waals surface area contributed by atoms with Gasteiger partial charge in [0.25, 0.3) is 0 Å². The van der Waals surface area contributed by atoms with Crippen molar-refractivity contribution in [3.05, 3.63) is 12.4 Å². The Balaban J connectivity index is 2.40. The fraction of sp³-hybridized carbons (Fsp3) is 0.727. The van der Waals surface area contributed by atoms with Crippen molar-refractivity contribution >= 4 is 5.69 Å². The minimum absolute atomic E-state index is 0.116. The molecule has 0 atom stereocenters. The van der Waals surface area contributed by atoms with Gasteiger partial charge < -0.3 is 15.2 Å². The standard InChI is InChI=1S/C11H21N3O2/c1-11(2,9-15)8-12-10-6-13-14(7-10)4-5-16-3/h6-7,12,15H,4-5,8-9H2,1-3H3. The van der Waals surface area contributed by atoms with Gasteiger partial charge in [-0.3, -0.25) is 4.68 Å². The first kappa shape index (κ1) is 13.0. The SMILES string of the molecule is COCCn1cc(NCC(C)(C)CO)cn1. The summed E-state index contributed by atoms with van der Waals surface area (Å²) in [6, 6.07) is 0. The van der Waals surface area contributed by atoms with E-state index in [9.17, 15) is 0 Å². The number of anilines is 1. The van der Waals surface area contributed by atoms with Crippen LogP contribution in [0.4, 0.5) is 5.69 Å². The smallest absolute Gasteiger partial charge is 0.0726 e. The van der Waals surface area contributed by atoms with Crippen LogP contribution in [0.15, 0.2) is 12.4 Å². The summed E-state index contributed by atoms with van der Waals surface area (Å²) < 4.78 is 6.80. The van der Waals surface area contributed by atoms with E-state index in [1.807, 2.05) is 24.7 Å². The summed E-state index contributed by atoms with van der Waals surface area (Å²) >= 11 is 0. The maximum atomic E-state index is 9.12. The van der Waals surface area contributed by atoms with E-state index < -0.39 is 0 Å². The van der Waals surface area contributed by atoms with E-state index in [1.165, 1.54) is 0 Å². The summed E-state index contributed by atoms with van der Waals surface area (Å²) in [5.74, 6) is 0. The Kier molecular flexibility index (Phi) is 4.76. The highest BCUT2D eigenvalue weighted by atomic mass is 16.5. The number of hydrogen-bond acceptors (Lipinski definition) is 4. The molecule has 0 aliphatic rings. The van der Waals surface area contributed by atoms with E-state index >= 15 is 0 Å². The quantitative estimate of drug-likeness (QED) is 0.728. The average molecular weight is 227 g/mol. The fourth-order valence-electron chi connectivity index (χ4n) is 1.16. The van der Waals surface area contributed by atoms with Gasteiger partial charge in [0.15, 0.2) is 0 Å². The second kappa shape index (κ2) is 5.86. The second-order valence-electron chi connectivity index (χ2n) is 4.66. The first-order valence-electron chi connectivity index (χ1n) is 5.43. The van der Waals surface area contributed by atoms with Crippen LogP contribution in [0.2, 0.25) is 0 Å². The monoisotopic (exact) mass is 227 g/mol. The van der Waals surface area contributed by atoms with Crippen LogP contribution in [0.25, 0.3) is 0 Å². The zero-order valence-corrected chi connectivity index (χ0v) is 10.2. The van der Waals surface area contributed by atoms with E-state index in [1.54, 1.807) is 13.3 Å². The molecule has 92 valence electrons. The molecule has 0 spiro atoms. The van der Waals surface area contributed by atoms with Crippen molar-refractivity contribution in [3.63, 3.8) is 0 Å². The van der Waals surface area contributed by atoms with Crippen molar-refractivity contribution in [2.24, 2.45) is 5.41 Å². The molecule has 1 rings (SSSR count). The van der Waals surface area contributed by atoms with Gasteiger partial charge in [-0.2, -0.15) is 5.10 Å². The Morgan fingerprint density at radius 3 is 2.94 bits per heavy atom. The summed E-state index contributed by atoms with van der Waals surface area (Å²) in [7, 11) is 1.67. The number of nitrogens with zero attached hydrogens (tertiary/aromatic N) is 2. The lowest BCUT2D eigenvalue weighted by molar-refractivity contribution is 0.171. The van der Waals surface area contributed by atoms with Crippen molar-refractivity contribution in [3.8, 4) is 0 Å². The second-order valence-corrected chi connectivity index (χ2v) is 4.66. The third-order valence-electron chi connectivity index (χ3n) is 2.36. The molecule has 0 aliphatic heterocycles. The van der Waals surface area contributed by atoms with Crippen LogP contribution in [-0.4, -0.2) is 41.8 Å². The van der Waals surface area contributed by atoms with Gasteiger partial charge in [-0.15, -0.1) is 0 Å². The highest BCUT2D eigenvalue weighted by molar-refractivity contribution is 5.38. The molecule has 0 bridgehead atoms. The molecule has 0 amide bonds. The van der Waals surface area contributed by atoms with Gasteiger partial charge >= 0.3 is 0 Å². The molecule has 1 aromatic rings. The van der Waals surface area contributed by atoms with Gasteiger partial charge in [-0.05, 0) is 0 Å². The largest absolute Gasteiger partial charge is 0.396 e. The first-order valence-corrected chi connectivity index (χ1v) is 5.43. The average Bonchev–Trinajstić information content (AvgIpc) is 2.72. The Bertz CT molecular complexity index is 310. The van der Waals surface area contributed by atoms with Crippen molar-refractivity contribution in [2.75, 3.05) is 32.2 Å².